The first-order valence-corrected chi connectivity index (χ1v) is 11.8. The zero-order valence-corrected chi connectivity index (χ0v) is 18.3. The molecule has 0 unspecified atom stereocenters. The number of ether oxygens (including phenoxy) is 1. The van der Waals surface area contributed by atoms with Crippen LogP contribution < -0.4 is 15.4 Å². The maximum atomic E-state index is 6.55. The van der Waals surface area contributed by atoms with Crippen molar-refractivity contribution in [3.8, 4) is 28.3 Å². The van der Waals surface area contributed by atoms with Crippen molar-refractivity contribution < 1.29 is 4.74 Å². The Kier molecular flexibility index (Phi) is 4.76. The molecule has 0 saturated heterocycles. The van der Waals surface area contributed by atoms with Gasteiger partial charge in [-0.2, -0.15) is 0 Å². The van der Waals surface area contributed by atoms with E-state index in [1.54, 1.807) is 6.26 Å². The predicted molar refractivity (Wildman–Crippen MR) is 129 cm³/mol. The van der Waals surface area contributed by atoms with Crippen molar-refractivity contribution in [1.82, 2.24) is 4.98 Å². The smallest absolute Gasteiger partial charge is 0.243 e. The molecule has 3 aromatic rings. The van der Waals surface area contributed by atoms with Crippen LogP contribution in [0.3, 0.4) is 0 Å². The Morgan fingerprint density at radius 1 is 0.906 bits per heavy atom. The number of aromatic nitrogens is 1. The van der Waals surface area contributed by atoms with Crippen LogP contribution in [-0.2, 0) is 5.54 Å². The summed E-state index contributed by atoms with van der Waals surface area (Å²) in [6.07, 6.45) is 12.2. The quantitative estimate of drug-likeness (QED) is 0.530. The standard InChI is InChI=1S/C28H29N3O/c29-28(15-6-16-28)22-13-11-21(12-14-22)26-24(20-7-2-1-3-8-20)19-25-27(30-26)32-18-17-31(25)23-9-4-5-10-23/h1-3,7-8,11-14,17-19,23H,4-6,9-10,15-16,29H2. The molecule has 0 amide bonds. The maximum Gasteiger partial charge on any atom is 0.243 e. The zero-order chi connectivity index (χ0) is 21.5. The summed E-state index contributed by atoms with van der Waals surface area (Å²) < 4.78 is 5.92. The van der Waals surface area contributed by atoms with Crippen LogP contribution in [-0.4, -0.2) is 11.0 Å². The predicted octanol–water partition coefficient (Wildman–Crippen LogP) is 6.37. The first-order valence-electron chi connectivity index (χ1n) is 11.8. The van der Waals surface area contributed by atoms with Crippen molar-refractivity contribution in [2.75, 3.05) is 4.90 Å². The molecule has 2 aliphatic carbocycles. The van der Waals surface area contributed by atoms with E-state index >= 15 is 0 Å². The van der Waals surface area contributed by atoms with Gasteiger partial charge in [0.25, 0.3) is 0 Å². The maximum absolute atomic E-state index is 6.55. The molecule has 0 radical (unpaired) electrons. The lowest BCUT2D eigenvalue weighted by Gasteiger charge is -2.38. The minimum atomic E-state index is -0.153. The van der Waals surface area contributed by atoms with Crippen molar-refractivity contribution in [2.24, 2.45) is 5.73 Å². The molecule has 0 spiro atoms. The minimum absolute atomic E-state index is 0.153. The van der Waals surface area contributed by atoms with Gasteiger partial charge in [0.1, 0.15) is 11.9 Å². The van der Waals surface area contributed by atoms with Gasteiger partial charge in [-0.1, -0.05) is 67.4 Å². The molecule has 2 heterocycles. The third kappa shape index (κ3) is 3.30. The fraction of sp³-hybridized carbons (Fsp3) is 0.321. The lowest BCUT2D eigenvalue weighted by atomic mass is 9.72. The summed E-state index contributed by atoms with van der Waals surface area (Å²) in [4.78, 5) is 7.43. The zero-order valence-electron chi connectivity index (χ0n) is 18.3. The van der Waals surface area contributed by atoms with Gasteiger partial charge in [-0.15, -0.1) is 0 Å². The van der Waals surface area contributed by atoms with Crippen LogP contribution in [0.4, 0.5) is 5.69 Å². The van der Waals surface area contributed by atoms with E-state index in [4.69, 9.17) is 15.5 Å². The average Bonchev–Trinajstić information content (AvgIpc) is 3.37. The monoisotopic (exact) mass is 423 g/mol. The van der Waals surface area contributed by atoms with Crippen LogP contribution in [0.2, 0.25) is 0 Å². The molecule has 2 aromatic carbocycles. The van der Waals surface area contributed by atoms with E-state index in [9.17, 15) is 0 Å². The summed E-state index contributed by atoms with van der Waals surface area (Å²) in [6.45, 7) is 0. The summed E-state index contributed by atoms with van der Waals surface area (Å²) >= 11 is 0. The molecule has 1 aromatic heterocycles. The van der Waals surface area contributed by atoms with Gasteiger partial charge in [-0.3, -0.25) is 0 Å². The largest absolute Gasteiger partial charge is 0.443 e. The number of fused-ring (bicyclic) bond motifs is 1. The third-order valence-corrected chi connectivity index (χ3v) is 7.43. The van der Waals surface area contributed by atoms with Crippen LogP contribution in [0.5, 0.6) is 5.88 Å². The molecule has 4 nitrogen and oxygen atoms in total. The molecule has 2 saturated carbocycles. The second kappa shape index (κ2) is 7.79. The number of nitrogens with two attached hydrogens (primary N) is 1. The highest BCUT2D eigenvalue weighted by Gasteiger charge is 2.34. The van der Waals surface area contributed by atoms with Crippen LogP contribution in [0.15, 0.2) is 73.1 Å². The molecular weight excluding hydrogens is 394 g/mol. The van der Waals surface area contributed by atoms with Crippen LogP contribution in [0, 0.1) is 0 Å². The van der Waals surface area contributed by atoms with Gasteiger partial charge >= 0.3 is 0 Å². The van der Waals surface area contributed by atoms with Gasteiger partial charge in [-0.25, -0.2) is 4.98 Å². The van der Waals surface area contributed by atoms with Gasteiger partial charge < -0.3 is 15.4 Å². The second-order valence-corrected chi connectivity index (χ2v) is 9.41. The van der Waals surface area contributed by atoms with E-state index in [-0.39, 0.29) is 5.54 Å². The molecule has 2 fully saturated rings. The molecule has 162 valence electrons. The van der Waals surface area contributed by atoms with Crippen LogP contribution >= 0.6 is 0 Å². The van der Waals surface area contributed by atoms with Gasteiger partial charge in [0.05, 0.1) is 5.69 Å². The van der Waals surface area contributed by atoms with Gasteiger partial charge in [0.15, 0.2) is 0 Å². The molecule has 2 N–H and O–H groups in total. The first-order chi connectivity index (χ1) is 15.7. The first kappa shape index (κ1) is 19.6. The molecule has 4 heteroatoms. The lowest BCUT2D eigenvalue weighted by Crippen LogP contribution is -2.43. The molecule has 1 aliphatic heterocycles. The Balaban J connectivity index is 1.46. The second-order valence-electron chi connectivity index (χ2n) is 9.41. The van der Waals surface area contributed by atoms with Crippen LogP contribution in [0.1, 0.15) is 50.5 Å². The van der Waals surface area contributed by atoms with Crippen molar-refractivity contribution in [3.63, 3.8) is 0 Å². The summed E-state index contributed by atoms with van der Waals surface area (Å²) in [5, 5.41) is 0. The van der Waals surface area contributed by atoms with Gasteiger partial charge in [0, 0.05) is 28.9 Å². The number of pyridine rings is 1. The van der Waals surface area contributed by atoms with E-state index in [0.717, 1.165) is 40.9 Å². The van der Waals surface area contributed by atoms with E-state index < -0.39 is 0 Å². The SMILES string of the molecule is NC1(c2ccc(-c3nc4c(cc3-c3ccccc3)N(C3CCCC3)C=CO4)cc2)CCC1. The molecule has 6 rings (SSSR count). The Morgan fingerprint density at radius 3 is 2.34 bits per heavy atom. The number of hydrogen-bond donors (Lipinski definition) is 1. The highest BCUT2D eigenvalue weighted by Crippen LogP contribution is 2.43. The summed E-state index contributed by atoms with van der Waals surface area (Å²) in [5.41, 5.74) is 13.0. The number of hydrogen-bond acceptors (Lipinski definition) is 4. The number of anilines is 1. The summed E-state index contributed by atoms with van der Waals surface area (Å²) in [6, 6.07) is 22.0. The Hall–Kier alpha value is -3.11. The Labute approximate surface area is 189 Å². The van der Waals surface area contributed by atoms with Crippen molar-refractivity contribution in [1.29, 1.82) is 0 Å². The van der Waals surface area contributed by atoms with E-state index in [1.165, 1.54) is 37.7 Å². The van der Waals surface area contributed by atoms with Gasteiger partial charge in [0.2, 0.25) is 5.88 Å². The fourth-order valence-electron chi connectivity index (χ4n) is 5.36. The van der Waals surface area contributed by atoms with Crippen molar-refractivity contribution >= 4 is 5.69 Å². The molecule has 0 atom stereocenters. The highest BCUT2D eigenvalue weighted by molar-refractivity contribution is 5.85. The number of benzene rings is 2. The Morgan fingerprint density at radius 2 is 1.66 bits per heavy atom. The van der Waals surface area contributed by atoms with E-state index in [2.05, 4.69) is 71.8 Å². The average molecular weight is 424 g/mol. The van der Waals surface area contributed by atoms with E-state index in [1.807, 2.05) is 0 Å². The fourth-order valence-corrected chi connectivity index (χ4v) is 5.36. The number of nitrogens with zero attached hydrogens (tertiary/aromatic N) is 2. The van der Waals surface area contributed by atoms with Crippen LogP contribution in [0.25, 0.3) is 22.4 Å². The van der Waals surface area contributed by atoms with Crippen molar-refractivity contribution in [2.45, 2.75) is 56.5 Å². The van der Waals surface area contributed by atoms with Crippen molar-refractivity contribution in [3.05, 3.63) is 78.7 Å². The highest BCUT2D eigenvalue weighted by atomic mass is 16.5. The third-order valence-electron chi connectivity index (χ3n) is 7.43. The normalized spacial score (nSPS) is 19.3. The Bertz CT molecular complexity index is 1140. The summed E-state index contributed by atoms with van der Waals surface area (Å²) in [5.74, 6) is 0.687. The lowest BCUT2D eigenvalue weighted by molar-refractivity contribution is 0.253. The molecular formula is C28H29N3O. The van der Waals surface area contributed by atoms with E-state index in [0.29, 0.717) is 11.9 Å². The number of rotatable bonds is 4. The molecule has 0 bridgehead atoms. The molecule has 32 heavy (non-hydrogen) atoms. The summed E-state index contributed by atoms with van der Waals surface area (Å²) in [7, 11) is 0. The van der Waals surface area contributed by atoms with Gasteiger partial charge in [-0.05, 0) is 49.3 Å². The topological polar surface area (TPSA) is 51.4 Å². The molecule has 3 aliphatic rings. The minimum Gasteiger partial charge on any atom is -0.443 e.